The Kier molecular flexibility index (Phi) is 3.76. The van der Waals surface area contributed by atoms with Crippen molar-refractivity contribution in [3.63, 3.8) is 0 Å². The summed E-state index contributed by atoms with van der Waals surface area (Å²) in [6, 6.07) is 3.59. The van der Waals surface area contributed by atoms with Crippen LogP contribution in [0.5, 0.6) is 5.75 Å². The van der Waals surface area contributed by atoms with Crippen LogP contribution in [0.25, 0.3) is 0 Å². The Bertz CT molecular complexity index is 597. The van der Waals surface area contributed by atoms with E-state index in [-0.39, 0.29) is 11.4 Å². The number of imidazole rings is 1. The highest BCUT2D eigenvalue weighted by atomic mass is 19.1. The number of phenolic OH excluding ortho intramolecular Hbond substituents is 1. The molecule has 6 nitrogen and oxygen atoms in total. The van der Waals surface area contributed by atoms with E-state index in [1.54, 1.807) is 10.8 Å². The van der Waals surface area contributed by atoms with Crippen molar-refractivity contribution in [3.05, 3.63) is 42.2 Å². The summed E-state index contributed by atoms with van der Waals surface area (Å²) in [7, 11) is 0. The van der Waals surface area contributed by atoms with Crippen LogP contribution in [-0.2, 0) is 6.54 Å². The third-order valence-corrected chi connectivity index (χ3v) is 2.46. The molecular weight excluding hydrogens is 251 g/mol. The number of nitrogens with two attached hydrogens (primary N) is 1. The summed E-state index contributed by atoms with van der Waals surface area (Å²) >= 11 is 0. The van der Waals surface area contributed by atoms with Crippen molar-refractivity contribution in [3.8, 4) is 5.75 Å². The zero-order chi connectivity index (χ0) is 13.8. The predicted octanol–water partition coefficient (Wildman–Crippen LogP) is 0.939. The second kappa shape index (κ2) is 5.49. The van der Waals surface area contributed by atoms with Crippen LogP contribution < -0.4 is 11.1 Å². The second-order valence-corrected chi connectivity index (χ2v) is 3.91. The number of benzene rings is 1. The highest BCUT2D eigenvalue weighted by molar-refractivity contribution is 6.02. The molecule has 0 unspecified atom stereocenters. The van der Waals surface area contributed by atoms with Gasteiger partial charge in [-0.2, -0.15) is 0 Å². The van der Waals surface area contributed by atoms with Gasteiger partial charge in [-0.25, -0.2) is 9.37 Å². The topological polar surface area (TPSA) is 93.2 Å². The molecule has 1 aromatic carbocycles. The van der Waals surface area contributed by atoms with Crippen LogP contribution in [0.3, 0.4) is 0 Å². The molecule has 100 valence electrons. The molecule has 0 aliphatic carbocycles. The Hall–Kier alpha value is -2.41. The number of hydrogen-bond donors (Lipinski definition) is 3. The van der Waals surface area contributed by atoms with Crippen molar-refractivity contribution < 1.29 is 14.3 Å². The molecule has 7 heteroatoms. The Labute approximate surface area is 108 Å². The van der Waals surface area contributed by atoms with E-state index in [1.807, 2.05) is 0 Å². The van der Waals surface area contributed by atoms with Crippen LogP contribution >= 0.6 is 0 Å². The minimum Gasteiger partial charge on any atom is -0.505 e. The number of halogens is 1. The first-order chi connectivity index (χ1) is 9.10. The van der Waals surface area contributed by atoms with E-state index in [0.29, 0.717) is 13.1 Å². The zero-order valence-corrected chi connectivity index (χ0v) is 10.0. The number of amides is 1. The largest absolute Gasteiger partial charge is 0.505 e. The van der Waals surface area contributed by atoms with E-state index >= 15 is 0 Å². The third kappa shape index (κ3) is 3.08. The first-order valence-electron chi connectivity index (χ1n) is 5.62. The molecule has 2 aromatic rings. The maximum atomic E-state index is 13.1. The van der Waals surface area contributed by atoms with Gasteiger partial charge in [0, 0.05) is 31.0 Å². The highest BCUT2D eigenvalue weighted by Gasteiger charge is 2.10. The van der Waals surface area contributed by atoms with Gasteiger partial charge in [-0.05, 0) is 12.1 Å². The smallest absolute Gasteiger partial charge is 0.275 e. The summed E-state index contributed by atoms with van der Waals surface area (Å²) in [4.78, 5) is 15.7. The molecule has 1 heterocycles. The summed E-state index contributed by atoms with van der Waals surface area (Å²) in [5.41, 5.74) is 5.84. The van der Waals surface area contributed by atoms with Crippen LogP contribution in [0.4, 0.5) is 10.1 Å². The number of hydrogen-bond acceptors (Lipinski definition) is 4. The number of phenols is 1. The van der Waals surface area contributed by atoms with E-state index in [0.717, 1.165) is 12.1 Å². The van der Waals surface area contributed by atoms with Gasteiger partial charge in [-0.15, -0.1) is 0 Å². The number of rotatable bonds is 4. The lowest BCUT2D eigenvalue weighted by molar-refractivity contribution is 0.102. The Morgan fingerprint density at radius 3 is 3.00 bits per heavy atom. The molecule has 0 saturated heterocycles. The monoisotopic (exact) mass is 264 g/mol. The lowest BCUT2D eigenvalue weighted by atomic mass is 10.3. The van der Waals surface area contributed by atoms with Crippen molar-refractivity contribution in [2.24, 2.45) is 5.73 Å². The van der Waals surface area contributed by atoms with E-state index in [1.165, 1.54) is 12.4 Å². The maximum Gasteiger partial charge on any atom is 0.275 e. The van der Waals surface area contributed by atoms with Gasteiger partial charge < -0.3 is 20.7 Å². The average molecular weight is 264 g/mol. The number of carbonyl (C=O) groups is 1. The quantitative estimate of drug-likeness (QED) is 0.716. The van der Waals surface area contributed by atoms with E-state index in [2.05, 4.69) is 10.3 Å². The molecule has 0 aliphatic rings. The number of nitrogens with zero attached hydrogens (tertiary/aromatic N) is 2. The SMILES string of the molecule is NCCn1cnc(C(=O)Nc2ccc(O)c(F)c2)c1. The van der Waals surface area contributed by atoms with Gasteiger partial charge in [0.1, 0.15) is 5.69 Å². The van der Waals surface area contributed by atoms with Crippen LogP contribution in [0.1, 0.15) is 10.5 Å². The van der Waals surface area contributed by atoms with Gasteiger partial charge in [0.05, 0.1) is 6.33 Å². The van der Waals surface area contributed by atoms with E-state index in [9.17, 15) is 9.18 Å². The van der Waals surface area contributed by atoms with Gasteiger partial charge in [-0.1, -0.05) is 0 Å². The molecule has 1 aromatic heterocycles. The third-order valence-electron chi connectivity index (χ3n) is 2.46. The molecule has 2 rings (SSSR count). The van der Waals surface area contributed by atoms with Gasteiger partial charge in [-0.3, -0.25) is 4.79 Å². The highest BCUT2D eigenvalue weighted by Crippen LogP contribution is 2.19. The first-order valence-corrected chi connectivity index (χ1v) is 5.62. The summed E-state index contributed by atoms with van der Waals surface area (Å²) in [6.45, 7) is 1.01. The molecule has 0 saturated carbocycles. The van der Waals surface area contributed by atoms with Crippen molar-refractivity contribution >= 4 is 11.6 Å². The molecule has 4 N–H and O–H groups in total. The second-order valence-electron chi connectivity index (χ2n) is 3.91. The van der Waals surface area contributed by atoms with Gasteiger partial charge in [0.25, 0.3) is 5.91 Å². The number of aromatic hydroxyl groups is 1. The molecule has 1 amide bonds. The van der Waals surface area contributed by atoms with Crippen molar-refractivity contribution in [2.75, 3.05) is 11.9 Å². The zero-order valence-electron chi connectivity index (χ0n) is 10.0. The molecule has 0 radical (unpaired) electrons. The minimum absolute atomic E-state index is 0.210. The summed E-state index contributed by atoms with van der Waals surface area (Å²) in [5.74, 6) is -1.72. The number of aromatic nitrogens is 2. The summed E-state index contributed by atoms with van der Waals surface area (Å²) in [6.07, 6.45) is 3.05. The standard InChI is InChI=1S/C12H13FN4O2/c13-9-5-8(1-2-11(9)18)16-12(19)10-6-17(4-3-14)7-15-10/h1-2,5-7,18H,3-4,14H2,(H,16,19). The van der Waals surface area contributed by atoms with Gasteiger partial charge in [0.2, 0.25) is 0 Å². The summed E-state index contributed by atoms with van der Waals surface area (Å²) < 4.78 is 14.8. The maximum absolute atomic E-state index is 13.1. The van der Waals surface area contributed by atoms with Gasteiger partial charge >= 0.3 is 0 Å². The fourth-order valence-electron chi connectivity index (χ4n) is 1.53. The van der Waals surface area contributed by atoms with E-state index in [4.69, 9.17) is 10.8 Å². The molecule has 19 heavy (non-hydrogen) atoms. The minimum atomic E-state index is -0.800. The van der Waals surface area contributed by atoms with Crippen molar-refractivity contribution in [2.45, 2.75) is 6.54 Å². The molecule has 0 fully saturated rings. The van der Waals surface area contributed by atoms with Gasteiger partial charge in [0.15, 0.2) is 11.6 Å². The summed E-state index contributed by atoms with van der Waals surface area (Å²) in [5, 5.41) is 11.5. The Morgan fingerprint density at radius 2 is 2.32 bits per heavy atom. The molecule has 0 aliphatic heterocycles. The van der Waals surface area contributed by atoms with Crippen molar-refractivity contribution in [1.82, 2.24) is 9.55 Å². The van der Waals surface area contributed by atoms with Crippen molar-refractivity contribution in [1.29, 1.82) is 0 Å². The van der Waals surface area contributed by atoms with Crippen LogP contribution in [-0.4, -0.2) is 27.1 Å². The lowest BCUT2D eigenvalue weighted by Crippen LogP contribution is -2.13. The van der Waals surface area contributed by atoms with Crippen LogP contribution in [0.2, 0.25) is 0 Å². The fourth-order valence-corrected chi connectivity index (χ4v) is 1.53. The predicted molar refractivity (Wildman–Crippen MR) is 67.3 cm³/mol. The normalized spacial score (nSPS) is 10.4. The fraction of sp³-hybridized carbons (Fsp3) is 0.167. The van der Waals surface area contributed by atoms with Crippen LogP contribution in [0.15, 0.2) is 30.7 Å². The Balaban J connectivity index is 2.09. The number of anilines is 1. The molecule has 0 spiro atoms. The molecule has 0 bridgehead atoms. The molecule has 0 atom stereocenters. The first kappa shape index (κ1) is 13.0. The lowest BCUT2D eigenvalue weighted by Gasteiger charge is -2.04. The van der Waals surface area contributed by atoms with E-state index < -0.39 is 17.5 Å². The number of carbonyl (C=O) groups excluding carboxylic acids is 1. The molecular formula is C12H13FN4O2. The Morgan fingerprint density at radius 1 is 1.53 bits per heavy atom. The number of nitrogens with one attached hydrogen (secondary N) is 1. The average Bonchev–Trinajstić information content (AvgIpc) is 2.83. The van der Waals surface area contributed by atoms with Crippen LogP contribution in [0, 0.1) is 5.82 Å².